The van der Waals surface area contributed by atoms with E-state index in [1.54, 1.807) is 14.2 Å². The summed E-state index contributed by atoms with van der Waals surface area (Å²) in [7, 11) is 5.05. The first-order chi connectivity index (χ1) is 11.5. The van der Waals surface area contributed by atoms with Crippen molar-refractivity contribution in [2.75, 3.05) is 40.9 Å². The zero-order valence-electron chi connectivity index (χ0n) is 14.4. The third-order valence-electron chi connectivity index (χ3n) is 4.16. The number of amides is 2. The summed E-state index contributed by atoms with van der Waals surface area (Å²) in [6.07, 6.45) is 0.854. The number of carbonyl (C=O) groups excluding carboxylic acids is 2. The van der Waals surface area contributed by atoms with Gasteiger partial charge in [-0.2, -0.15) is 0 Å². The number of carbonyl (C=O) groups is 2. The molecule has 2 N–H and O–H groups in total. The monoisotopic (exact) mass is 335 g/mol. The molecule has 1 atom stereocenters. The van der Waals surface area contributed by atoms with E-state index in [4.69, 9.17) is 9.47 Å². The fourth-order valence-electron chi connectivity index (χ4n) is 2.71. The van der Waals surface area contributed by atoms with Crippen LogP contribution in [0.1, 0.15) is 12.0 Å². The van der Waals surface area contributed by atoms with E-state index < -0.39 is 0 Å². The number of benzene rings is 1. The molecule has 1 fully saturated rings. The molecule has 24 heavy (non-hydrogen) atoms. The summed E-state index contributed by atoms with van der Waals surface area (Å²) < 4.78 is 10.5. The van der Waals surface area contributed by atoms with E-state index in [0.717, 1.165) is 12.1 Å². The van der Waals surface area contributed by atoms with Crippen molar-refractivity contribution in [3.8, 4) is 11.5 Å². The van der Waals surface area contributed by atoms with Gasteiger partial charge in [0, 0.05) is 19.6 Å². The summed E-state index contributed by atoms with van der Waals surface area (Å²) in [5, 5.41) is 5.65. The lowest BCUT2D eigenvalue weighted by Crippen LogP contribution is -2.54. The smallest absolute Gasteiger partial charge is 0.237 e. The average Bonchev–Trinajstić information content (AvgIpc) is 2.58. The van der Waals surface area contributed by atoms with Crippen molar-refractivity contribution in [3.63, 3.8) is 0 Å². The molecule has 0 aliphatic carbocycles. The van der Waals surface area contributed by atoms with Crippen molar-refractivity contribution in [2.24, 2.45) is 0 Å². The topological polar surface area (TPSA) is 79.9 Å². The van der Waals surface area contributed by atoms with Crippen molar-refractivity contribution in [1.82, 2.24) is 15.5 Å². The maximum atomic E-state index is 12.1. The zero-order chi connectivity index (χ0) is 17.5. The van der Waals surface area contributed by atoms with Crippen molar-refractivity contribution >= 4 is 11.8 Å². The van der Waals surface area contributed by atoms with E-state index >= 15 is 0 Å². The first-order valence-electron chi connectivity index (χ1n) is 8.00. The number of methoxy groups -OCH3 is 2. The van der Waals surface area contributed by atoms with Gasteiger partial charge in [0.1, 0.15) is 0 Å². The number of nitrogens with one attached hydrogen (secondary N) is 2. The molecule has 0 spiro atoms. The predicted molar refractivity (Wildman–Crippen MR) is 90.3 cm³/mol. The van der Waals surface area contributed by atoms with Crippen LogP contribution in [0.2, 0.25) is 0 Å². The molecule has 1 aliphatic rings. The van der Waals surface area contributed by atoms with Gasteiger partial charge in [-0.3, -0.25) is 14.5 Å². The Morgan fingerprint density at radius 2 is 2.08 bits per heavy atom. The zero-order valence-corrected chi connectivity index (χ0v) is 14.4. The summed E-state index contributed by atoms with van der Waals surface area (Å²) in [6, 6.07) is 5.29. The Hall–Kier alpha value is -2.28. The van der Waals surface area contributed by atoms with Crippen molar-refractivity contribution < 1.29 is 19.1 Å². The van der Waals surface area contributed by atoms with Gasteiger partial charge in [0.15, 0.2) is 11.5 Å². The van der Waals surface area contributed by atoms with Gasteiger partial charge in [0.05, 0.1) is 26.7 Å². The van der Waals surface area contributed by atoms with Gasteiger partial charge >= 0.3 is 0 Å². The fourth-order valence-corrected chi connectivity index (χ4v) is 2.71. The van der Waals surface area contributed by atoms with Crippen molar-refractivity contribution in [3.05, 3.63) is 23.8 Å². The fraction of sp³-hybridized carbons (Fsp3) is 0.529. The Morgan fingerprint density at radius 1 is 1.33 bits per heavy atom. The standard InChI is InChI=1S/C17H25N3O4/c1-20-9-8-19-17(22)13(20)11-16(21)18-7-6-12-4-5-14(23-2)15(10-12)24-3/h4-5,10,13H,6-9,11H2,1-3H3,(H,18,21)(H,19,22). The highest BCUT2D eigenvalue weighted by molar-refractivity contribution is 5.88. The molecule has 0 saturated carbocycles. The van der Waals surface area contributed by atoms with Gasteiger partial charge in [-0.25, -0.2) is 0 Å². The van der Waals surface area contributed by atoms with Gasteiger partial charge in [0.2, 0.25) is 11.8 Å². The van der Waals surface area contributed by atoms with Crippen LogP contribution in [0.25, 0.3) is 0 Å². The molecule has 2 amide bonds. The second-order valence-corrected chi connectivity index (χ2v) is 5.78. The molecule has 0 radical (unpaired) electrons. The highest BCUT2D eigenvalue weighted by atomic mass is 16.5. The Labute approximate surface area is 142 Å². The van der Waals surface area contributed by atoms with Crippen LogP contribution in [0.5, 0.6) is 11.5 Å². The van der Waals surface area contributed by atoms with Crippen LogP contribution in [0.3, 0.4) is 0 Å². The number of ether oxygens (including phenoxy) is 2. The molecule has 0 bridgehead atoms. The van der Waals surface area contributed by atoms with E-state index in [0.29, 0.717) is 31.0 Å². The lowest BCUT2D eigenvalue weighted by atomic mass is 10.1. The van der Waals surface area contributed by atoms with E-state index in [1.165, 1.54) is 0 Å². The van der Waals surface area contributed by atoms with Crippen LogP contribution < -0.4 is 20.1 Å². The summed E-state index contributed by atoms with van der Waals surface area (Å²) in [6.45, 7) is 1.90. The molecule has 7 heteroatoms. The molecule has 1 unspecified atom stereocenters. The molecule has 1 saturated heterocycles. The molecule has 1 heterocycles. The lowest BCUT2D eigenvalue weighted by Gasteiger charge is -2.31. The van der Waals surface area contributed by atoms with E-state index in [2.05, 4.69) is 10.6 Å². The van der Waals surface area contributed by atoms with Crippen LogP contribution in [0, 0.1) is 0 Å². The molecular weight excluding hydrogens is 310 g/mol. The Morgan fingerprint density at radius 3 is 2.75 bits per heavy atom. The second-order valence-electron chi connectivity index (χ2n) is 5.78. The summed E-state index contributed by atoms with van der Waals surface area (Å²) in [5.41, 5.74) is 1.04. The van der Waals surface area contributed by atoms with E-state index in [1.807, 2.05) is 30.1 Å². The number of piperazine rings is 1. The van der Waals surface area contributed by atoms with Crippen LogP contribution >= 0.6 is 0 Å². The number of likely N-dealkylation sites (N-methyl/N-ethyl adjacent to an activating group) is 1. The molecule has 0 aromatic heterocycles. The highest BCUT2D eigenvalue weighted by Gasteiger charge is 2.28. The normalized spacial score (nSPS) is 18.0. The molecular formula is C17H25N3O4. The molecule has 1 aromatic rings. The quantitative estimate of drug-likeness (QED) is 0.743. The number of hydrogen-bond acceptors (Lipinski definition) is 5. The number of nitrogens with zero attached hydrogens (tertiary/aromatic N) is 1. The van der Waals surface area contributed by atoms with E-state index in [-0.39, 0.29) is 24.3 Å². The van der Waals surface area contributed by atoms with Gasteiger partial charge in [-0.05, 0) is 31.2 Å². The maximum Gasteiger partial charge on any atom is 0.237 e. The minimum absolute atomic E-state index is 0.0845. The number of rotatable bonds is 7. The van der Waals surface area contributed by atoms with Crippen LogP contribution in [-0.2, 0) is 16.0 Å². The van der Waals surface area contributed by atoms with Gasteiger partial charge < -0.3 is 20.1 Å². The highest BCUT2D eigenvalue weighted by Crippen LogP contribution is 2.27. The third kappa shape index (κ3) is 4.61. The van der Waals surface area contributed by atoms with Crippen LogP contribution in [-0.4, -0.2) is 63.7 Å². The average molecular weight is 335 g/mol. The molecule has 1 aliphatic heterocycles. The van der Waals surface area contributed by atoms with Gasteiger partial charge in [-0.1, -0.05) is 6.07 Å². The Balaban J connectivity index is 1.81. The molecule has 1 aromatic carbocycles. The lowest BCUT2D eigenvalue weighted by molar-refractivity contribution is -0.133. The SMILES string of the molecule is COc1ccc(CCNC(=O)CC2C(=O)NCCN2C)cc1OC. The third-order valence-corrected chi connectivity index (χ3v) is 4.16. The number of hydrogen-bond donors (Lipinski definition) is 2. The summed E-state index contributed by atoms with van der Waals surface area (Å²) >= 11 is 0. The van der Waals surface area contributed by atoms with E-state index in [9.17, 15) is 9.59 Å². The summed E-state index contributed by atoms with van der Waals surface area (Å²) in [5.74, 6) is 1.14. The molecule has 7 nitrogen and oxygen atoms in total. The largest absolute Gasteiger partial charge is 0.493 e. The van der Waals surface area contributed by atoms with Crippen LogP contribution in [0.15, 0.2) is 18.2 Å². The first kappa shape index (κ1) is 18.1. The Bertz CT molecular complexity index is 591. The predicted octanol–water partition coefficient (Wildman–Crippen LogP) is 0.183. The Kier molecular flexibility index (Phi) is 6.43. The van der Waals surface area contributed by atoms with Crippen molar-refractivity contribution in [2.45, 2.75) is 18.9 Å². The summed E-state index contributed by atoms with van der Waals surface area (Å²) in [4.78, 5) is 25.8. The molecule has 132 valence electrons. The second kappa shape index (κ2) is 8.54. The molecule has 2 rings (SSSR count). The van der Waals surface area contributed by atoms with Gasteiger partial charge in [0.25, 0.3) is 0 Å². The van der Waals surface area contributed by atoms with Gasteiger partial charge in [-0.15, -0.1) is 0 Å². The van der Waals surface area contributed by atoms with Crippen LogP contribution in [0.4, 0.5) is 0 Å². The minimum atomic E-state index is -0.389. The maximum absolute atomic E-state index is 12.1. The minimum Gasteiger partial charge on any atom is -0.493 e. The van der Waals surface area contributed by atoms with Crippen molar-refractivity contribution in [1.29, 1.82) is 0 Å². The first-order valence-corrected chi connectivity index (χ1v) is 8.00.